The first-order valence-corrected chi connectivity index (χ1v) is 4.55. The van der Waals surface area contributed by atoms with E-state index in [1.807, 2.05) is 0 Å². The van der Waals surface area contributed by atoms with Crippen LogP contribution in [0.4, 0.5) is 5.69 Å². The zero-order chi connectivity index (χ0) is 11.6. The molecule has 0 saturated heterocycles. The summed E-state index contributed by atoms with van der Waals surface area (Å²) in [5, 5.41) is 19.7. The summed E-state index contributed by atoms with van der Waals surface area (Å²) in [6.07, 6.45) is 0.358. The van der Waals surface area contributed by atoms with Crippen molar-refractivity contribution in [2.75, 3.05) is 0 Å². The number of rotatable bonds is 3. The number of nitro groups is 1. The highest BCUT2D eigenvalue weighted by Gasteiger charge is 2.24. The van der Waals surface area contributed by atoms with E-state index in [0.29, 0.717) is 12.0 Å². The van der Waals surface area contributed by atoms with Gasteiger partial charge in [0.1, 0.15) is 5.56 Å². The Hall–Kier alpha value is -1.62. The molecule has 0 atom stereocenters. The lowest BCUT2D eigenvalue weighted by Gasteiger charge is -2.04. The Balaban J connectivity index is 3.54. The SMILES string of the molecule is CCc1cc(Cl)cc(C(=O)O)c1[N+](=O)[O-]. The largest absolute Gasteiger partial charge is 0.477 e. The minimum absolute atomic E-state index is 0.190. The Morgan fingerprint density at radius 2 is 2.20 bits per heavy atom. The Kier molecular flexibility index (Phi) is 3.26. The zero-order valence-electron chi connectivity index (χ0n) is 7.86. The van der Waals surface area contributed by atoms with Crippen LogP contribution in [0.2, 0.25) is 5.02 Å². The molecule has 1 rings (SSSR count). The molecule has 0 amide bonds. The van der Waals surface area contributed by atoms with Crippen molar-refractivity contribution in [3.8, 4) is 0 Å². The third-order valence-corrected chi connectivity index (χ3v) is 2.17. The fourth-order valence-corrected chi connectivity index (χ4v) is 1.54. The maximum absolute atomic E-state index is 10.8. The Labute approximate surface area is 90.4 Å². The van der Waals surface area contributed by atoms with Gasteiger partial charge in [0.2, 0.25) is 0 Å². The quantitative estimate of drug-likeness (QED) is 0.638. The number of carbonyl (C=O) groups is 1. The van der Waals surface area contributed by atoms with E-state index in [0.717, 1.165) is 6.07 Å². The number of carboxylic acids is 1. The summed E-state index contributed by atoms with van der Waals surface area (Å²) in [6, 6.07) is 2.49. The van der Waals surface area contributed by atoms with E-state index in [4.69, 9.17) is 16.7 Å². The number of benzene rings is 1. The Morgan fingerprint density at radius 3 is 2.60 bits per heavy atom. The van der Waals surface area contributed by atoms with Gasteiger partial charge in [0.05, 0.1) is 4.92 Å². The molecule has 0 aromatic heterocycles. The van der Waals surface area contributed by atoms with Crippen LogP contribution < -0.4 is 0 Å². The summed E-state index contributed by atoms with van der Waals surface area (Å²) in [5.74, 6) is -1.35. The third-order valence-electron chi connectivity index (χ3n) is 1.95. The highest BCUT2D eigenvalue weighted by Crippen LogP contribution is 2.28. The minimum atomic E-state index is -1.35. The van der Waals surface area contributed by atoms with E-state index in [9.17, 15) is 14.9 Å². The molecule has 15 heavy (non-hydrogen) atoms. The molecule has 6 heteroatoms. The van der Waals surface area contributed by atoms with E-state index in [1.54, 1.807) is 6.92 Å². The van der Waals surface area contributed by atoms with Gasteiger partial charge in [-0.3, -0.25) is 10.1 Å². The second-order valence-corrected chi connectivity index (χ2v) is 3.31. The van der Waals surface area contributed by atoms with Gasteiger partial charge in [-0.1, -0.05) is 18.5 Å². The fraction of sp³-hybridized carbons (Fsp3) is 0.222. The van der Waals surface area contributed by atoms with Crippen molar-refractivity contribution in [1.82, 2.24) is 0 Å². The van der Waals surface area contributed by atoms with Crippen LogP contribution in [0.1, 0.15) is 22.8 Å². The summed E-state index contributed by atoms with van der Waals surface area (Å²) < 4.78 is 0. The maximum Gasteiger partial charge on any atom is 0.342 e. The monoisotopic (exact) mass is 229 g/mol. The fourth-order valence-electron chi connectivity index (χ4n) is 1.30. The molecule has 0 fully saturated rings. The first-order chi connectivity index (χ1) is 6.97. The van der Waals surface area contributed by atoms with Crippen LogP contribution in [0.15, 0.2) is 12.1 Å². The second-order valence-electron chi connectivity index (χ2n) is 2.88. The standard InChI is InChI=1S/C9H8ClNO4/c1-2-5-3-6(10)4-7(9(12)13)8(5)11(14)15/h3-4H,2H2,1H3,(H,12,13). The van der Waals surface area contributed by atoms with E-state index in [1.165, 1.54) is 6.07 Å². The van der Waals surface area contributed by atoms with Crippen molar-refractivity contribution in [3.63, 3.8) is 0 Å². The molecule has 0 aliphatic rings. The molecule has 0 bridgehead atoms. The van der Waals surface area contributed by atoms with Crippen molar-refractivity contribution >= 4 is 23.3 Å². The lowest BCUT2D eigenvalue weighted by molar-refractivity contribution is -0.385. The maximum atomic E-state index is 10.8. The van der Waals surface area contributed by atoms with Gasteiger partial charge in [-0.15, -0.1) is 0 Å². The van der Waals surface area contributed by atoms with Crippen LogP contribution in [-0.2, 0) is 6.42 Å². The van der Waals surface area contributed by atoms with E-state index >= 15 is 0 Å². The third kappa shape index (κ3) is 2.24. The molecule has 0 aliphatic heterocycles. The zero-order valence-corrected chi connectivity index (χ0v) is 8.61. The first-order valence-electron chi connectivity index (χ1n) is 4.17. The van der Waals surface area contributed by atoms with Gasteiger partial charge in [-0.2, -0.15) is 0 Å². The van der Waals surface area contributed by atoms with E-state index in [-0.39, 0.29) is 16.3 Å². The number of carboxylic acid groups (broad SMARTS) is 1. The van der Waals surface area contributed by atoms with Gasteiger partial charge in [0.25, 0.3) is 5.69 Å². The molecule has 1 N–H and O–H groups in total. The summed E-state index contributed by atoms with van der Waals surface area (Å²) >= 11 is 5.66. The average molecular weight is 230 g/mol. The van der Waals surface area contributed by atoms with Crippen LogP contribution in [0.25, 0.3) is 0 Å². The normalized spacial score (nSPS) is 10.0. The molecular weight excluding hydrogens is 222 g/mol. The molecule has 0 aliphatic carbocycles. The summed E-state index contributed by atoms with van der Waals surface area (Å²) in [5.41, 5.74) is -0.427. The highest BCUT2D eigenvalue weighted by molar-refractivity contribution is 6.31. The number of aryl methyl sites for hydroxylation is 1. The molecular formula is C9H8ClNO4. The van der Waals surface area contributed by atoms with Gasteiger partial charge in [-0.25, -0.2) is 4.79 Å². The topological polar surface area (TPSA) is 80.4 Å². The number of nitro benzene ring substituents is 1. The Morgan fingerprint density at radius 1 is 1.60 bits per heavy atom. The van der Waals surface area contributed by atoms with Gasteiger partial charge in [0.15, 0.2) is 0 Å². The summed E-state index contributed by atoms with van der Waals surface area (Å²) in [6.45, 7) is 1.70. The highest BCUT2D eigenvalue weighted by atomic mass is 35.5. The molecule has 0 saturated carbocycles. The van der Waals surface area contributed by atoms with Crippen LogP contribution in [0, 0.1) is 10.1 Å². The minimum Gasteiger partial charge on any atom is -0.477 e. The molecule has 0 radical (unpaired) electrons. The van der Waals surface area contributed by atoms with E-state index in [2.05, 4.69) is 0 Å². The average Bonchev–Trinajstić information content (AvgIpc) is 2.15. The van der Waals surface area contributed by atoms with Gasteiger partial charge < -0.3 is 5.11 Å². The first kappa shape index (κ1) is 11.5. The molecule has 5 nitrogen and oxygen atoms in total. The number of hydrogen-bond acceptors (Lipinski definition) is 3. The predicted molar refractivity (Wildman–Crippen MR) is 54.4 cm³/mol. The predicted octanol–water partition coefficient (Wildman–Crippen LogP) is 2.51. The summed E-state index contributed by atoms with van der Waals surface area (Å²) in [4.78, 5) is 20.8. The second kappa shape index (κ2) is 4.27. The Bertz CT molecular complexity index is 430. The number of halogens is 1. The number of hydrogen-bond donors (Lipinski definition) is 1. The number of aromatic carboxylic acids is 1. The van der Waals surface area contributed by atoms with Crippen LogP contribution >= 0.6 is 11.6 Å². The van der Waals surface area contributed by atoms with Crippen molar-refractivity contribution in [2.24, 2.45) is 0 Å². The van der Waals surface area contributed by atoms with Crippen molar-refractivity contribution in [1.29, 1.82) is 0 Å². The summed E-state index contributed by atoms with van der Waals surface area (Å²) in [7, 11) is 0. The smallest absolute Gasteiger partial charge is 0.342 e. The number of nitrogens with zero attached hydrogens (tertiary/aromatic N) is 1. The molecule has 80 valence electrons. The van der Waals surface area contributed by atoms with Crippen molar-refractivity contribution < 1.29 is 14.8 Å². The van der Waals surface area contributed by atoms with Gasteiger partial charge in [-0.05, 0) is 18.6 Å². The lowest BCUT2D eigenvalue weighted by atomic mass is 10.1. The molecule has 1 aromatic rings. The van der Waals surface area contributed by atoms with E-state index < -0.39 is 10.9 Å². The molecule has 0 heterocycles. The van der Waals surface area contributed by atoms with Gasteiger partial charge in [0, 0.05) is 10.6 Å². The molecule has 0 spiro atoms. The van der Waals surface area contributed by atoms with Crippen LogP contribution in [0.5, 0.6) is 0 Å². The van der Waals surface area contributed by atoms with Crippen LogP contribution in [0.3, 0.4) is 0 Å². The van der Waals surface area contributed by atoms with Gasteiger partial charge >= 0.3 is 5.97 Å². The molecule has 0 unspecified atom stereocenters. The van der Waals surface area contributed by atoms with Crippen molar-refractivity contribution in [3.05, 3.63) is 38.4 Å². The lowest BCUT2D eigenvalue weighted by Crippen LogP contribution is -2.05. The van der Waals surface area contributed by atoms with Crippen molar-refractivity contribution in [2.45, 2.75) is 13.3 Å². The van der Waals surface area contributed by atoms with Crippen LogP contribution in [-0.4, -0.2) is 16.0 Å². The molecule has 1 aromatic carbocycles.